The van der Waals surface area contributed by atoms with Crippen molar-refractivity contribution in [2.24, 2.45) is 0 Å². The highest BCUT2D eigenvalue weighted by Gasteiger charge is 2.11. The monoisotopic (exact) mass is 329 g/mol. The normalized spacial score (nSPS) is 9.89. The van der Waals surface area contributed by atoms with Crippen LogP contribution in [0.2, 0.25) is 0 Å². The van der Waals surface area contributed by atoms with Crippen LogP contribution >= 0.6 is 15.9 Å². The third kappa shape index (κ3) is 4.51. The molecule has 0 atom stereocenters. The summed E-state index contributed by atoms with van der Waals surface area (Å²) in [5, 5.41) is 6.98. The van der Waals surface area contributed by atoms with Gasteiger partial charge in [-0.1, -0.05) is 11.6 Å². The molecule has 0 bridgehead atoms. The molecule has 0 saturated carbocycles. The number of hydrogen-bond acceptors (Lipinski definition) is 5. The van der Waals surface area contributed by atoms with E-state index in [2.05, 4.69) is 31.1 Å². The van der Waals surface area contributed by atoms with E-state index in [-0.39, 0.29) is 12.1 Å². The minimum atomic E-state index is -0.522. The molecular formula is C12H16BrN3O3. The summed E-state index contributed by atoms with van der Waals surface area (Å²) in [4.78, 5) is 23.0. The Labute approximate surface area is 119 Å². The maximum absolute atomic E-state index is 11.9. The highest BCUT2D eigenvalue weighted by atomic mass is 79.9. The molecule has 6 nitrogen and oxygen atoms in total. The first-order chi connectivity index (χ1) is 8.95. The van der Waals surface area contributed by atoms with Crippen LogP contribution in [0.5, 0.6) is 0 Å². The van der Waals surface area contributed by atoms with Gasteiger partial charge >= 0.3 is 5.97 Å². The number of carbonyl (C=O) groups excluding carboxylic acids is 1. The molecule has 0 amide bonds. The van der Waals surface area contributed by atoms with Gasteiger partial charge < -0.3 is 10.1 Å². The lowest BCUT2D eigenvalue weighted by Gasteiger charge is -2.08. The van der Waals surface area contributed by atoms with E-state index < -0.39 is 5.97 Å². The molecule has 0 aromatic carbocycles. The number of methoxy groups -OCH3 is 1. The topological polar surface area (TPSA) is 73.2 Å². The van der Waals surface area contributed by atoms with Gasteiger partial charge in [-0.05, 0) is 29.8 Å². The standard InChI is InChI=1S/C12H16BrN3O3/c1-8(2)4-5-14-9-6-15-16(7-10(17)19-3)12(18)11(9)13/h4,6,14H,5,7H2,1-3H3. The predicted molar refractivity (Wildman–Crippen MR) is 76.1 cm³/mol. The summed E-state index contributed by atoms with van der Waals surface area (Å²) >= 11 is 3.20. The van der Waals surface area contributed by atoms with Crippen LogP contribution in [-0.4, -0.2) is 29.4 Å². The summed E-state index contributed by atoms with van der Waals surface area (Å²) in [6.45, 7) is 4.37. The van der Waals surface area contributed by atoms with Crippen molar-refractivity contribution >= 4 is 27.6 Å². The van der Waals surface area contributed by atoms with Crippen LogP contribution in [0.3, 0.4) is 0 Å². The van der Waals surface area contributed by atoms with Crippen LogP contribution in [0.25, 0.3) is 0 Å². The molecule has 0 aliphatic heterocycles. The first kappa shape index (κ1) is 15.4. The molecule has 19 heavy (non-hydrogen) atoms. The fraction of sp³-hybridized carbons (Fsp3) is 0.417. The van der Waals surface area contributed by atoms with Crippen molar-refractivity contribution in [2.45, 2.75) is 20.4 Å². The van der Waals surface area contributed by atoms with Crippen molar-refractivity contribution in [3.8, 4) is 0 Å². The third-order valence-corrected chi connectivity index (χ3v) is 3.06. The number of nitrogens with one attached hydrogen (secondary N) is 1. The summed E-state index contributed by atoms with van der Waals surface area (Å²) in [5.74, 6) is -0.522. The van der Waals surface area contributed by atoms with Crippen LogP contribution in [0.1, 0.15) is 13.8 Å². The molecule has 0 aliphatic carbocycles. The molecule has 0 radical (unpaired) electrons. The Kier molecular flexibility index (Phi) is 5.75. The maximum atomic E-state index is 11.9. The molecule has 104 valence electrons. The molecule has 7 heteroatoms. The molecule has 1 N–H and O–H groups in total. The van der Waals surface area contributed by atoms with Crippen molar-refractivity contribution in [3.63, 3.8) is 0 Å². The van der Waals surface area contributed by atoms with E-state index in [1.807, 2.05) is 19.9 Å². The SMILES string of the molecule is COC(=O)Cn1ncc(NCC=C(C)C)c(Br)c1=O. The van der Waals surface area contributed by atoms with Gasteiger partial charge in [-0.15, -0.1) is 0 Å². The second-order valence-electron chi connectivity index (χ2n) is 4.07. The van der Waals surface area contributed by atoms with E-state index in [0.29, 0.717) is 16.7 Å². The van der Waals surface area contributed by atoms with Gasteiger partial charge in [0.15, 0.2) is 0 Å². The first-order valence-electron chi connectivity index (χ1n) is 5.65. The minimum absolute atomic E-state index is 0.206. The molecule has 0 fully saturated rings. The maximum Gasteiger partial charge on any atom is 0.327 e. The van der Waals surface area contributed by atoms with E-state index >= 15 is 0 Å². The van der Waals surface area contributed by atoms with Gasteiger partial charge in [0.25, 0.3) is 5.56 Å². The summed E-state index contributed by atoms with van der Waals surface area (Å²) in [6, 6.07) is 0. The van der Waals surface area contributed by atoms with Gasteiger partial charge in [0.05, 0.1) is 19.0 Å². The number of carbonyl (C=O) groups is 1. The van der Waals surface area contributed by atoms with Crippen LogP contribution in [0.4, 0.5) is 5.69 Å². The molecule has 1 aromatic rings. The number of allylic oxidation sites excluding steroid dienone is 1. The molecule has 1 aromatic heterocycles. The Morgan fingerprint density at radius 1 is 1.58 bits per heavy atom. The number of hydrogen-bond donors (Lipinski definition) is 1. The smallest absolute Gasteiger partial charge is 0.327 e. The average Bonchev–Trinajstić information content (AvgIpc) is 2.37. The Morgan fingerprint density at radius 2 is 2.26 bits per heavy atom. The third-order valence-electron chi connectivity index (χ3n) is 2.29. The zero-order valence-electron chi connectivity index (χ0n) is 11.1. The lowest BCUT2D eigenvalue weighted by molar-refractivity contribution is -0.141. The summed E-state index contributed by atoms with van der Waals surface area (Å²) in [5.41, 5.74) is 1.38. The zero-order chi connectivity index (χ0) is 14.4. The summed E-state index contributed by atoms with van der Waals surface area (Å²) in [6.07, 6.45) is 3.49. The van der Waals surface area contributed by atoms with Crippen molar-refractivity contribution < 1.29 is 9.53 Å². The van der Waals surface area contributed by atoms with Gasteiger partial charge in [0.1, 0.15) is 11.0 Å². The van der Waals surface area contributed by atoms with Crippen LogP contribution < -0.4 is 10.9 Å². The quantitative estimate of drug-likeness (QED) is 0.655. The molecule has 1 rings (SSSR count). The first-order valence-corrected chi connectivity index (χ1v) is 6.44. The molecular weight excluding hydrogens is 314 g/mol. The lowest BCUT2D eigenvalue weighted by Crippen LogP contribution is -2.28. The fourth-order valence-electron chi connectivity index (χ4n) is 1.25. The number of ether oxygens (including phenoxy) is 1. The number of rotatable bonds is 5. The largest absolute Gasteiger partial charge is 0.468 e. The van der Waals surface area contributed by atoms with E-state index in [4.69, 9.17) is 0 Å². The molecule has 1 heterocycles. The van der Waals surface area contributed by atoms with Crippen LogP contribution in [0.15, 0.2) is 27.1 Å². The highest BCUT2D eigenvalue weighted by molar-refractivity contribution is 9.10. The highest BCUT2D eigenvalue weighted by Crippen LogP contribution is 2.15. The van der Waals surface area contributed by atoms with Gasteiger partial charge in [0, 0.05) is 6.54 Å². The molecule has 0 unspecified atom stereocenters. The van der Waals surface area contributed by atoms with E-state index in [0.717, 1.165) is 4.68 Å². The molecule has 0 spiro atoms. The van der Waals surface area contributed by atoms with Gasteiger partial charge in [-0.25, -0.2) is 4.68 Å². The molecule has 0 aliphatic rings. The Hall–Kier alpha value is -1.63. The summed E-state index contributed by atoms with van der Waals surface area (Å²) < 4.78 is 5.88. The van der Waals surface area contributed by atoms with Crippen molar-refractivity contribution in [3.05, 3.63) is 32.7 Å². The van der Waals surface area contributed by atoms with Gasteiger partial charge in [-0.2, -0.15) is 5.10 Å². The fourth-order valence-corrected chi connectivity index (χ4v) is 1.70. The number of halogens is 1. The minimum Gasteiger partial charge on any atom is -0.468 e. The van der Waals surface area contributed by atoms with Gasteiger partial charge in [0.2, 0.25) is 0 Å². The lowest BCUT2D eigenvalue weighted by atomic mass is 10.3. The van der Waals surface area contributed by atoms with Crippen molar-refractivity contribution in [1.29, 1.82) is 0 Å². The Balaban J connectivity index is 2.88. The van der Waals surface area contributed by atoms with Gasteiger partial charge in [-0.3, -0.25) is 9.59 Å². The average molecular weight is 330 g/mol. The van der Waals surface area contributed by atoms with Crippen LogP contribution in [0, 0.1) is 0 Å². The van der Waals surface area contributed by atoms with Crippen molar-refractivity contribution in [2.75, 3.05) is 19.0 Å². The second-order valence-corrected chi connectivity index (χ2v) is 4.87. The molecule has 0 saturated heterocycles. The zero-order valence-corrected chi connectivity index (χ0v) is 12.7. The van der Waals surface area contributed by atoms with E-state index in [1.165, 1.54) is 18.9 Å². The number of esters is 1. The Morgan fingerprint density at radius 3 is 2.84 bits per heavy atom. The second kappa shape index (κ2) is 7.08. The summed E-state index contributed by atoms with van der Waals surface area (Å²) in [7, 11) is 1.26. The van der Waals surface area contributed by atoms with E-state index in [9.17, 15) is 9.59 Å². The Bertz CT molecular complexity index is 548. The predicted octanol–water partition coefficient (Wildman–Crippen LogP) is 1.56. The van der Waals surface area contributed by atoms with E-state index in [1.54, 1.807) is 0 Å². The number of anilines is 1. The number of aromatic nitrogens is 2. The van der Waals surface area contributed by atoms with Crippen molar-refractivity contribution in [1.82, 2.24) is 9.78 Å². The van der Waals surface area contributed by atoms with Crippen LogP contribution in [-0.2, 0) is 16.1 Å². The number of nitrogens with zero attached hydrogens (tertiary/aromatic N) is 2.